The molecule has 2 heterocycles. The monoisotopic (exact) mass is 730 g/mol. The zero-order valence-corrected chi connectivity index (χ0v) is 29.4. The molecule has 0 saturated carbocycles. The summed E-state index contributed by atoms with van der Waals surface area (Å²) in [7, 11) is 0. The molecule has 0 fully saturated rings. The van der Waals surface area contributed by atoms with Gasteiger partial charge in [-0.1, -0.05) is 36.4 Å². The number of hydrogen-bond acceptors (Lipinski definition) is 10. The van der Waals surface area contributed by atoms with Gasteiger partial charge in [-0.2, -0.15) is 0 Å². The maximum atomic E-state index is 13.0. The molecule has 0 atom stereocenters. The van der Waals surface area contributed by atoms with Gasteiger partial charge in [-0.25, -0.2) is 0 Å². The quantitative estimate of drug-likeness (QED) is 0.0472. The van der Waals surface area contributed by atoms with Gasteiger partial charge in [0.05, 0.1) is 26.4 Å². The van der Waals surface area contributed by atoms with Crippen molar-refractivity contribution in [1.29, 1.82) is 0 Å². The van der Waals surface area contributed by atoms with E-state index < -0.39 is 23.6 Å². The highest BCUT2D eigenvalue weighted by atomic mass is 16.5. The molecule has 0 aliphatic heterocycles. The number of carbonyl (C=O) groups is 4. The van der Waals surface area contributed by atoms with Crippen molar-refractivity contribution in [3.05, 3.63) is 143 Å². The van der Waals surface area contributed by atoms with Gasteiger partial charge in [0.2, 0.25) is 11.8 Å². The van der Waals surface area contributed by atoms with E-state index in [0.717, 1.165) is 11.1 Å². The Morgan fingerprint density at radius 1 is 0.556 bits per heavy atom. The molecule has 4 rings (SSSR count). The van der Waals surface area contributed by atoms with Gasteiger partial charge in [-0.05, 0) is 83.0 Å². The number of benzene rings is 2. The average molecular weight is 731 g/mol. The lowest BCUT2D eigenvalue weighted by molar-refractivity contribution is -0.121. The molecule has 0 unspecified atom stereocenters. The van der Waals surface area contributed by atoms with Gasteiger partial charge >= 0.3 is 0 Å². The molecule has 0 radical (unpaired) electrons. The summed E-state index contributed by atoms with van der Waals surface area (Å²) >= 11 is 0. The summed E-state index contributed by atoms with van der Waals surface area (Å²) in [4.78, 5) is 59.3. The Balaban J connectivity index is 1.16. The summed E-state index contributed by atoms with van der Waals surface area (Å²) in [6.45, 7) is 1.18. The van der Waals surface area contributed by atoms with Gasteiger partial charge in [0.15, 0.2) is 0 Å². The number of anilines is 2. The summed E-state index contributed by atoms with van der Waals surface area (Å²) < 4.78 is 11.1. The van der Waals surface area contributed by atoms with E-state index >= 15 is 0 Å². The van der Waals surface area contributed by atoms with Crippen molar-refractivity contribution < 1.29 is 28.7 Å². The number of ether oxygens (including phenoxy) is 2. The van der Waals surface area contributed by atoms with Crippen LogP contribution in [0.2, 0.25) is 0 Å². The normalized spacial score (nSPS) is 11.7. The number of amides is 4. The predicted molar refractivity (Wildman–Crippen MR) is 208 cm³/mol. The molecular formula is C40H42N8O6. The van der Waals surface area contributed by atoms with Gasteiger partial charge in [0, 0.05) is 61.4 Å². The second-order valence-electron chi connectivity index (χ2n) is 11.4. The fourth-order valence-electron chi connectivity index (χ4n) is 4.47. The molecule has 4 amide bonds. The van der Waals surface area contributed by atoms with Crippen LogP contribution >= 0.6 is 0 Å². The molecule has 14 heteroatoms. The number of nitrogens with two attached hydrogens (primary N) is 2. The molecule has 0 saturated heterocycles. The fraction of sp³-hybridized carbons (Fsp3) is 0.150. The fourth-order valence-corrected chi connectivity index (χ4v) is 4.47. The minimum atomic E-state index is -0.505. The van der Waals surface area contributed by atoms with Crippen LogP contribution in [0.25, 0.3) is 24.3 Å². The van der Waals surface area contributed by atoms with Crippen LogP contribution in [0.1, 0.15) is 22.3 Å². The van der Waals surface area contributed by atoms with Gasteiger partial charge in [-0.15, -0.1) is 0 Å². The third-order valence-electron chi connectivity index (χ3n) is 7.16. The van der Waals surface area contributed by atoms with Gasteiger partial charge in [0.1, 0.15) is 11.4 Å². The Hall–Kier alpha value is -6.90. The number of aromatic nitrogens is 2. The molecule has 0 bridgehead atoms. The average Bonchev–Trinajstić information content (AvgIpc) is 3.18. The molecule has 0 aliphatic carbocycles. The molecule has 54 heavy (non-hydrogen) atoms. The molecule has 278 valence electrons. The van der Waals surface area contributed by atoms with Crippen molar-refractivity contribution >= 4 is 59.3 Å². The van der Waals surface area contributed by atoms with Crippen LogP contribution in [0.15, 0.2) is 121 Å². The van der Waals surface area contributed by atoms with E-state index in [1.807, 2.05) is 0 Å². The molecule has 2 aromatic carbocycles. The Labute approximate surface area is 313 Å². The van der Waals surface area contributed by atoms with Crippen molar-refractivity contribution in [3.8, 4) is 0 Å². The van der Waals surface area contributed by atoms with Crippen molar-refractivity contribution in [3.63, 3.8) is 0 Å². The van der Waals surface area contributed by atoms with Gasteiger partial charge in [0.25, 0.3) is 11.8 Å². The maximum absolute atomic E-state index is 13.0. The minimum Gasteiger partial charge on any atom is -0.399 e. The maximum Gasteiger partial charge on any atom is 0.267 e. The van der Waals surface area contributed by atoms with Crippen LogP contribution in [0, 0.1) is 0 Å². The molecule has 0 spiro atoms. The lowest BCUT2D eigenvalue weighted by Crippen LogP contribution is -2.36. The van der Waals surface area contributed by atoms with Gasteiger partial charge in [-0.3, -0.25) is 29.1 Å². The lowest BCUT2D eigenvalue weighted by atomic mass is 10.2. The molecule has 8 N–H and O–H groups in total. The number of nitrogen functional groups attached to an aromatic ring is 2. The van der Waals surface area contributed by atoms with E-state index in [4.69, 9.17) is 20.9 Å². The van der Waals surface area contributed by atoms with Crippen LogP contribution < -0.4 is 32.7 Å². The summed E-state index contributed by atoms with van der Waals surface area (Å²) in [5.41, 5.74) is 15.5. The van der Waals surface area contributed by atoms with Crippen molar-refractivity contribution in [2.75, 3.05) is 51.0 Å². The number of carbonyl (C=O) groups excluding carboxylic acids is 4. The topological polar surface area (TPSA) is 213 Å². The Morgan fingerprint density at radius 3 is 1.33 bits per heavy atom. The van der Waals surface area contributed by atoms with E-state index in [1.54, 1.807) is 110 Å². The first-order chi connectivity index (χ1) is 26.2. The van der Waals surface area contributed by atoms with E-state index in [-0.39, 0.29) is 50.9 Å². The number of nitrogens with zero attached hydrogens (tertiary/aromatic N) is 2. The highest BCUT2D eigenvalue weighted by Gasteiger charge is 2.13. The number of rotatable bonds is 19. The van der Waals surface area contributed by atoms with Crippen LogP contribution in [0.4, 0.5) is 11.4 Å². The third kappa shape index (κ3) is 15.1. The Bertz CT molecular complexity index is 1800. The third-order valence-corrected chi connectivity index (χ3v) is 7.16. The Kier molecular flexibility index (Phi) is 16.3. The highest BCUT2D eigenvalue weighted by molar-refractivity contribution is 6.05. The van der Waals surface area contributed by atoms with Crippen LogP contribution in [-0.4, -0.2) is 73.1 Å². The van der Waals surface area contributed by atoms with Gasteiger partial charge < -0.3 is 42.2 Å². The predicted octanol–water partition coefficient (Wildman–Crippen LogP) is 2.95. The molecule has 14 nitrogen and oxygen atoms in total. The largest absolute Gasteiger partial charge is 0.399 e. The molecule has 2 aromatic heterocycles. The SMILES string of the molecule is Nc1ccc(/C=C/C(=O)N/C(=C\c2cccnc2)C(=O)NCCOCCOCCNC(=O)/C(=C/c2cccnc2)NC(=O)/C=C/c2ccc(N)cc2)cc1. The number of pyridine rings is 2. The first-order valence-corrected chi connectivity index (χ1v) is 16.9. The molecule has 0 aliphatic rings. The van der Waals surface area contributed by atoms with Crippen molar-refractivity contribution in [1.82, 2.24) is 31.2 Å². The van der Waals surface area contributed by atoms with E-state index in [0.29, 0.717) is 22.5 Å². The number of nitrogens with one attached hydrogen (secondary N) is 4. The summed E-state index contributed by atoms with van der Waals surface area (Å²) in [5, 5.41) is 10.7. The zero-order valence-electron chi connectivity index (χ0n) is 29.4. The smallest absolute Gasteiger partial charge is 0.267 e. The zero-order chi connectivity index (χ0) is 38.4. The van der Waals surface area contributed by atoms with E-state index in [2.05, 4.69) is 31.2 Å². The van der Waals surface area contributed by atoms with Crippen LogP contribution in [-0.2, 0) is 28.7 Å². The van der Waals surface area contributed by atoms with Crippen LogP contribution in [0.3, 0.4) is 0 Å². The Morgan fingerprint density at radius 2 is 0.963 bits per heavy atom. The number of hydrogen-bond donors (Lipinski definition) is 6. The van der Waals surface area contributed by atoms with E-state index in [9.17, 15) is 19.2 Å². The van der Waals surface area contributed by atoms with Crippen molar-refractivity contribution in [2.45, 2.75) is 0 Å². The molecule has 4 aromatic rings. The standard InChI is InChI=1S/C40H42N8O6/c41-33-11-5-29(6-12-33)9-15-37(49)47-35(25-31-3-1-17-43-27-31)39(51)45-19-21-53-23-24-54-22-20-46-40(52)36(26-32-4-2-18-44-28-32)48-38(50)16-10-30-7-13-34(42)14-8-30/h1-18,25-28H,19-24,41-42H2,(H,45,51)(H,46,52)(H,47,49)(H,48,50)/b15-9+,16-10+,35-25-,36-26-. The minimum absolute atomic E-state index is 0.0352. The first-order valence-electron chi connectivity index (χ1n) is 16.9. The summed E-state index contributed by atoms with van der Waals surface area (Å²) in [6.07, 6.45) is 15.3. The first kappa shape index (κ1) is 39.9. The summed E-state index contributed by atoms with van der Waals surface area (Å²) in [6, 6.07) is 20.9. The molecular weight excluding hydrogens is 688 g/mol. The second-order valence-corrected chi connectivity index (χ2v) is 11.4. The highest BCUT2D eigenvalue weighted by Crippen LogP contribution is 2.09. The van der Waals surface area contributed by atoms with Crippen molar-refractivity contribution in [2.24, 2.45) is 0 Å². The van der Waals surface area contributed by atoms with E-state index in [1.165, 1.54) is 24.3 Å². The lowest BCUT2D eigenvalue weighted by Gasteiger charge is -2.11. The van der Waals surface area contributed by atoms with Crippen LogP contribution in [0.5, 0.6) is 0 Å². The second kappa shape index (κ2) is 22.1. The summed E-state index contributed by atoms with van der Waals surface area (Å²) in [5.74, 6) is -1.99.